The van der Waals surface area contributed by atoms with Crippen LogP contribution in [-0.4, -0.2) is 48.0 Å². The molecule has 0 aliphatic heterocycles. The topological polar surface area (TPSA) is 105 Å². The molecule has 2 aromatic heterocycles. The normalized spacial score (nSPS) is 10.7. The van der Waals surface area contributed by atoms with E-state index in [1.807, 2.05) is 6.92 Å². The van der Waals surface area contributed by atoms with E-state index in [9.17, 15) is 9.59 Å². The molecule has 9 heteroatoms. The maximum Gasteiger partial charge on any atom is 0.340 e. The number of hydrogen-bond acceptors (Lipinski definition) is 7. The minimum atomic E-state index is -0.616. The van der Waals surface area contributed by atoms with Gasteiger partial charge in [0, 0.05) is 24.9 Å². The highest BCUT2D eigenvalue weighted by Crippen LogP contribution is 2.34. The predicted molar refractivity (Wildman–Crippen MR) is 107 cm³/mol. The molecule has 0 saturated heterocycles. The van der Waals surface area contributed by atoms with Crippen LogP contribution in [0.25, 0.3) is 11.0 Å². The maximum atomic E-state index is 13.2. The number of anilines is 1. The first-order chi connectivity index (χ1) is 13.8. The number of ether oxygens (including phenoxy) is 3. The Labute approximate surface area is 167 Å². The highest BCUT2D eigenvalue weighted by atomic mass is 16.5. The van der Waals surface area contributed by atoms with E-state index in [-0.39, 0.29) is 11.3 Å². The summed E-state index contributed by atoms with van der Waals surface area (Å²) in [5.41, 5.74) is 2.75. The van der Waals surface area contributed by atoms with Gasteiger partial charge in [0.2, 0.25) is 0 Å². The van der Waals surface area contributed by atoms with Crippen molar-refractivity contribution in [2.24, 2.45) is 7.05 Å². The Morgan fingerprint density at radius 3 is 2.28 bits per heavy atom. The van der Waals surface area contributed by atoms with E-state index in [0.717, 1.165) is 0 Å². The average Bonchev–Trinajstić information content (AvgIpc) is 2.99. The molecule has 0 atom stereocenters. The Kier molecular flexibility index (Phi) is 5.40. The molecule has 152 valence electrons. The summed E-state index contributed by atoms with van der Waals surface area (Å²) in [7, 11) is 5.96. The van der Waals surface area contributed by atoms with E-state index < -0.39 is 11.9 Å². The minimum absolute atomic E-state index is 0.142. The number of carbonyl (C=O) groups is 2. The number of fused-ring (bicyclic) bond motifs is 1. The second-order valence-electron chi connectivity index (χ2n) is 6.42. The molecular formula is C20H22N4O5. The molecule has 0 saturated carbocycles. The predicted octanol–water partition coefficient (Wildman–Crippen LogP) is 2.64. The third-order valence-corrected chi connectivity index (χ3v) is 4.52. The van der Waals surface area contributed by atoms with Crippen molar-refractivity contribution in [2.45, 2.75) is 13.8 Å². The summed E-state index contributed by atoms with van der Waals surface area (Å²) in [5, 5.41) is 7.79. The molecule has 0 aliphatic rings. The van der Waals surface area contributed by atoms with Crippen molar-refractivity contribution in [1.82, 2.24) is 14.8 Å². The molecule has 0 fully saturated rings. The lowest BCUT2D eigenvalue weighted by Gasteiger charge is -2.15. The highest BCUT2D eigenvalue weighted by Gasteiger charge is 2.22. The van der Waals surface area contributed by atoms with Gasteiger partial charge in [-0.2, -0.15) is 5.10 Å². The fraction of sp³-hybridized carbons (Fsp3) is 0.300. The molecule has 0 radical (unpaired) electrons. The second-order valence-corrected chi connectivity index (χ2v) is 6.42. The maximum absolute atomic E-state index is 13.2. The van der Waals surface area contributed by atoms with E-state index in [1.165, 1.54) is 33.5 Å². The zero-order valence-corrected chi connectivity index (χ0v) is 17.1. The quantitative estimate of drug-likeness (QED) is 0.659. The van der Waals surface area contributed by atoms with Crippen LogP contribution >= 0.6 is 0 Å². The number of methoxy groups -OCH3 is 3. The van der Waals surface area contributed by atoms with Gasteiger partial charge in [-0.15, -0.1) is 0 Å². The number of carbonyl (C=O) groups excluding carboxylic acids is 2. The first-order valence-electron chi connectivity index (χ1n) is 8.77. The largest absolute Gasteiger partial charge is 0.493 e. The van der Waals surface area contributed by atoms with E-state index in [4.69, 9.17) is 14.2 Å². The monoisotopic (exact) mass is 398 g/mol. The number of rotatable bonds is 5. The molecule has 3 rings (SSSR count). The minimum Gasteiger partial charge on any atom is -0.493 e. The van der Waals surface area contributed by atoms with Crippen LogP contribution in [-0.2, 0) is 11.8 Å². The van der Waals surface area contributed by atoms with Gasteiger partial charge in [-0.3, -0.25) is 9.48 Å². The van der Waals surface area contributed by atoms with Crippen molar-refractivity contribution in [3.63, 3.8) is 0 Å². The van der Waals surface area contributed by atoms with Crippen LogP contribution < -0.4 is 14.8 Å². The lowest BCUT2D eigenvalue weighted by molar-refractivity contribution is 0.0601. The fourth-order valence-corrected chi connectivity index (χ4v) is 3.20. The summed E-state index contributed by atoms with van der Waals surface area (Å²) in [6.45, 7) is 3.61. The number of aromatic nitrogens is 3. The summed E-state index contributed by atoms with van der Waals surface area (Å²) in [5.74, 6) is -0.316. The number of nitrogens with zero attached hydrogens (tertiary/aromatic N) is 3. The number of benzene rings is 1. The molecular weight excluding hydrogens is 376 g/mol. The highest BCUT2D eigenvalue weighted by molar-refractivity contribution is 6.14. The van der Waals surface area contributed by atoms with Crippen LogP contribution in [0.3, 0.4) is 0 Å². The molecule has 0 unspecified atom stereocenters. The Morgan fingerprint density at radius 2 is 1.66 bits per heavy atom. The molecule has 0 aliphatic carbocycles. The van der Waals surface area contributed by atoms with Gasteiger partial charge in [0.1, 0.15) is 0 Å². The van der Waals surface area contributed by atoms with E-state index in [2.05, 4.69) is 15.4 Å². The van der Waals surface area contributed by atoms with Crippen LogP contribution in [0.4, 0.5) is 5.69 Å². The number of aryl methyl sites for hydroxylation is 3. The first kappa shape index (κ1) is 20.1. The molecule has 1 N–H and O–H groups in total. The molecule has 3 aromatic rings. The number of pyridine rings is 1. The number of hydrogen-bond donors (Lipinski definition) is 1. The Balaban J connectivity index is 2.12. The van der Waals surface area contributed by atoms with Crippen molar-refractivity contribution in [1.29, 1.82) is 0 Å². The fourth-order valence-electron chi connectivity index (χ4n) is 3.20. The molecule has 9 nitrogen and oxygen atoms in total. The summed E-state index contributed by atoms with van der Waals surface area (Å²) in [6.07, 6.45) is 0. The van der Waals surface area contributed by atoms with Gasteiger partial charge in [-0.25, -0.2) is 9.78 Å². The van der Waals surface area contributed by atoms with Gasteiger partial charge in [0.25, 0.3) is 5.91 Å². The third-order valence-electron chi connectivity index (χ3n) is 4.52. The lowest BCUT2D eigenvalue weighted by Crippen LogP contribution is -2.17. The van der Waals surface area contributed by atoms with Crippen molar-refractivity contribution in [2.75, 3.05) is 26.6 Å². The van der Waals surface area contributed by atoms with Gasteiger partial charge >= 0.3 is 5.97 Å². The van der Waals surface area contributed by atoms with Crippen molar-refractivity contribution >= 4 is 28.6 Å². The molecule has 1 amide bonds. The molecule has 0 spiro atoms. The van der Waals surface area contributed by atoms with Gasteiger partial charge in [0.15, 0.2) is 17.1 Å². The van der Waals surface area contributed by atoms with Gasteiger partial charge in [-0.05, 0) is 19.9 Å². The SMILES string of the molecule is COC(=O)c1cc(OC)c(OC)cc1NC(=O)c1cc(C)nc2c1c(C)nn2C. The summed E-state index contributed by atoms with van der Waals surface area (Å²) < 4.78 is 17.0. The van der Waals surface area contributed by atoms with E-state index in [1.54, 1.807) is 24.7 Å². The van der Waals surface area contributed by atoms with Crippen LogP contribution in [0.5, 0.6) is 11.5 Å². The standard InChI is InChI=1S/C20H22N4O5/c1-10-7-13(17-11(2)23-24(3)18(17)21-10)19(25)22-14-9-16(28-5)15(27-4)8-12(14)20(26)29-6/h7-9H,1-6H3,(H,22,25). The summed E-state index contributed by atoms with van der Waals surface area (Å²) in [6, 6.07) is 4.66. The average molecular weight is 398 g/mol. The summed E-state index contributed by atoms with van der Waals surface area (Å²) in [4.78, 5) is 29.9. The van der Waals surface area contributed by atoms with Crippen molar-refractivity contribution < 1.29 is 23.8 Å². The third kappa shape index (κ3) is 3.58. The Bertz CT molecular complexity index is 1120. The molecule has 0 bridgehead atoms. The molecule has 29 heavy (non-hydrogen) atoms. The van der Waals surface area contributed by atoms with E-state index >= 15 is 0 Å². The van der Waals surface area contributed by atoms with Crippen LogP contribution in [0.1, 0.15) is 32.1 Å². The Hall–Kier alpha value is -3.62. The van der Waals surface area contributed by atoms with Crippen LogP contribution in [0.2, 0.25) is 0 Å². The van der Waals surface area contributed by atoms with Crippen LogP contribution in [0.15, 0.2) is 18.2 Å². The van der Waals surface area contributed by atoms with Crippen molar-refractivity contribution in [3.05, 3.63) is 40.7 Å². The zero-order chi connectivity index (χ0) is 21.3. The number of esters is 1. The van der Waals surface area contributed by atoms with Gasteiger partial charge in [-0.1, -0.05) is 0 Å². The first-order valence-corrected chi connectivity index (χ1v) is 8.77. The second kappa shape index (κ2) is 7.78. The van der Waals surface area contributed by atoms with Crippen LogP contribution in [0, 0.1) is 13.8 Å². The van der Waals surface area contributed by atoms with Gasteiger partial charge in [0.05, 0.1) is 49.2 Å². The Morgan fingerprint density at radius 1 is 1.00 bits per heavy atom. The number of amides is 1. The van der Waals surface area contributed by atoms with Crippen molar-refractivity contribution in [3.8, 4) is 11.5 Å². The molecule has 2 heterocycles. The molecule has 1 aromatic carbocycles. The van der Waals surface area contributed by atoms with Gasteiger partial charge < -0.3 is 19.5 Å². The summed E-state index contributed by atoms with van der Waals surface area (Å²) >= 11 is 0. The smallest absolute Gasteiger partial charge is 0.340 e. The van der Waals surface area contributed by atoms with E-state index in [0.29, 0.717) is 39.5 Å². The lowest BCUT2D eigenvalue weighted by atomic mass is 10.1. The number of nitrogens with one attached hydrogen (secondary N) is 1. The zero-order valence-electron chi connectivity index (χ0n) is 17.1.